The molecule has 0 aliphatic rings. The number of benzene rings is 3. The highest BCUT2D eigenvalue weighted by molar-refractivity contribution is 5.76. The molecule has 1 atom stereocenters. The Hall–Kier alpha value is -4.07. The smallest absolute Gasteiger partial charge is 0.315 e. The van der Waals surface area contributed by atoms with Crippen molar-refractivity contribution >= 4 is 17.1 Å². The van der Waals surface area contributed by atoms with E-state index in [1.165, 1.54) is 19.2 Å². The summed E-state index contributed by atoms with van der Waals surface area (Å²) in [5.74, 6) is 0.452. The van der Waals surface area contributed by atoms with Crippen molar-refractivity contribution in [3.05, 3.63) is 89.5 Å². The zero-order valence-electron chi connectivity index (χ0n) is 17.4. The second-order valence-electron chi connectivity index (χ2n) is 7.36. The molecule has 0 aliphatic heterocycles. The molecule has 0 fully saturated rings. The number of fused-ring (bicyclic) bond motifs is 1. The Bertz CT molecular complexity index is 1190. The van der Waals surface area contributed by atoms with Crippen LogP contribution in [0.4, 0.5) is 9.18 Å². The highest BCUT2D eigenvalue weighted by Gasteiger charge is 2.19. The first-order chi connectivity index (χ1) is 15.5. The van der Waals surface area contributed by atoms with Crippen LogP contribution in [-0.2, 0) is 13.0 Å². The van der Waals surface area contributed by atoms with Crippen molar-refractivity contribution in [3.63, 3.8) is 0 Å². The molecule has 0 saturated heterocycles. The van der Waals surface area contributed by atoms with E-state index in [2.05, 4.69) is 20.6 Å². The molecule has 0 saturated carbocycles. The molecule has 2 amide bonds. The van der Waals surface area contributed by atoms with Crippen LogP contribution >= 0.6 is 0 Å². The first-order valence-corrected chi connectivity index (χ1v) is 10.1. The lowest BCUT2D eigenvalue weighted by molar-refractivity contribution is 0.236. The highest BCUT2D eigenvalue weighted by Crippen LogP contribution is 2.21. The third-order valence-electron chi connectivity index (χ3n) is 5.09. The van der Waals surface area contributed by atoms with Crippen LogP contribution in [0.2, 0.25) is 0 Å². The lowest BCUT2D eigenvalue weighted by Gasteiger charge is -2.18. The lowest BCUT2D eigenvalue weighted by atomic mass is 10.1. The van der Waals surface area contributed by atoms with Crippen LogP contribution in [0.25, 0.3) is 11.0 Å². The van der Waals surface area contributed by atoms with E-state index in [-0.39, 0.29) is 18.0 Å². The first-order valence-electron chi connectivity index (χ1n) is 10.1. The lowest BCUT2D eigenvalue weighted by Crippen LogP contribution is -2.38. The number of aromatic nitrogens is 2. The number of hydrogen-bond acceptors (Lipinski definition) is 4. The maximum absolute atomic E-state index is 13.9. The summed E-state index contributed by atoms with van der Waals surface area (Å²) in [7, 11) is 1.40. The summed E-state index contributed by atoms with van der Waals surface area (Å²) >= 11 is 0. The van der Waals surface area contributed by atoms with E-state index in [0.717, 1.165) is 16.6 Å². The summed E-state index contributed by atoms with van der Waals surface area (Å²) in [6.45, 7) is 0.152. The number of aromatic amines is 1. The van der Waals surface area contributed by atoms with Gasteiger partial charge in [0.05, 0.1) is 24.2 Å². The van der Waals surface area contributed by atoms with E-state index in [9.17, 15) is 14.3 Å². The number of hydrogen-bond donors (Lipinski definition) is 4. The largest absolute Gasteiger partial charge is 0.508 e. The number of ether oxygens (including phenoxy) is 1. The summed E-state index contributed by atoms with van der Waals surface area (Å²) in [4.78, 5) is 20.5. The average molecular weight is 434 g/mol. The van der Waals surface area contributed by atoms with Gasteiger partial charge in [0.1, 0.15) is 11.6 Å². The molecule has 4 aromatic rings. The van der Waals surface area contributed by atoms with Crippen LogP contribution in [0.15, 0.2) is 66.7 Å². The van der Waals surface area contributed by atoms with Crippen LogP contribution < -0.4 is 15.4 Å². The van der Waals surface area contributed by atoms with Crippen molar-refractivity contribution in [3.8, 4) is 11.5 Å². The maximum Gasteiger partial charge on any atom is 0.315 e. The Morgan fingerprint density at radius 2 is 1.88 bits per heavy atom. The minimum absolute atomic E-state index is 0.150. The fraction of sp³-hybridized carbons (Fsp3) is 0.167. The number of methoxy groups -OCH3 is 1. The third kappa shape index (κ3) is 4.97. The van der Waals surface area contributed by atoms with E-state index in [0.29, 0.717) is 17.8 Å². The molecule has 4 N–H and O–H groups in total. The van der Waals surface area contributed by atoms with Crippen molar-refractivity contribution < 1.29 is 19.0 Å². The van der Waals surface area contributed by atoms with Gasteiger partial charge < -0.3 is 25.5 Å². The van der Waals surface area contributed by atoms with Gasteiger partial charge in [-0.1, -0.05) is 30.3 Å². The molecule has 7 nitrogen and oxygen atoms in total. The third-order valence-corrected chi connectivity index (χ3v) is 5.09. The fourth-order valence-corrected chi connectivity index (χ4v) is 3.43. The van der Waals surface area contributed by atoms with Crippen molar-refractivity contribution in [2.24, 2.45) is 0 Å². The van der Waals surface area contributed by atoms with Gasteiger partial charge in [0.25, 0.3) is 0 Å². The van der Waals surface area contributed by atoms with Gasteiger partial charge >= 0.3 is 6.03 Å². The average Bonchev–Trinajstić information content (AvgIpc) is 3.23. The number of imidazole rings is 1. The Kier molecular flexibility index (Phi) is 6.21. The molecular weight excluding hydrogens is 411 g/mol. The normalized spacial score (nSPS) is 11.8. The SMILES string of the molecule is COc1ccc(CNC(=O)NC(Cc2ccc(O)cc2)c2nc3ccccc3[nH]2)cc1F. The van der Waals surface area contributed by atoms with E-state index in [1.54, 1.807) is 30.3 Å². The number of carbonyl (C=O) groups is 1. The second-order valence-corrected chi connectivity index (χ2v) is 7.36. The molecule has 32 heavy (non-hydrogen) atoms. The van der Waals surface area contributed by atoms with Crippen LogP contribution in [0.3, 0.4) is 0 Å². The van der Waals surface area contributed by atoms with Gasteiger partial charge in [-0.25, -0.2) is 14.2 Å². The molecule has 1 heterocycles. The van der Waals surface area contributed by atoms with Crippen molar-refractivity contribution in [1.29, 1.82) is 0 Å². The summed E-state index contributed by atoms with van der Waals surface area (Å²) in [6.07, 6.45) is 0.463. The minimum atomic E-state index is -0.486. The van der Waals surface area contributed by atoms with E-state index in [1.807, 2.05) is 24.3 Å². The summed E-state index contributed by atoms with van der Waals surface area (Å²) in [6, 6.07) is 18.1. The van der Waals surface area contributed by atoms with Gasteiger partial charge in [-0.2, -0.15) is 0 Å². The summed E-state index contributed by atoms with van der Waals surface area (Å²) in [5, 5.41) is 15.2. The number of carbonyl (C=O) groups excluding carboxylic acids is 1. The Balaban J connectivity index is 1.49. The molecule has 1 unspecified atom stereocenters. The zero-order valence-corrected chi connectivity index (χ0v) is 17.4. The van der Waals surface area contributed by atoms with Gasteiger partial charge in [0.15, 0.2) is 11.6 Å². The molecule has 3 aromatic carbocycles. The molecule has 1 aromatic heterocycles. The van der Waals surface area contributed by atoms with Crippen molar-refractivity contribution in [2.45, 2.75) is 19.0 Å². The van der Waals surface area contributed by atoms with Gasteiger partial charge in [-0.05, 0) is 53.9 Å². The molecule has 0 spiro atoms. The minimum Gasteiger partial charge on any atom is -0.508 e. The number of amides is 2. The van der Waals surface area contributed by atoms with Crippen LogP contribution in [0.5, 0.6) is 11.5 Å². The molecule has 8 heteroatoms. The number of nitrogens with zero attached hydrogens (tertiary/aromatic N) is 1. The Labute approximate surface area is 184 Å². The highest BCUT2D eigenvalue weighted by atomic mass is 19.1. The summed E-state index contributed by atoms with van der Waals surface area (Å²) < 4.78 is 18.8. The van der Waals surface area contributed by atoms with E-state index >= 15 is 0 Å². The number of para-hydroxylation sites is 2. The predicted octanol–water partition coefficient (Wildman–Crippen LogP) is 4.20. The number of urea groups is 1. The summed E-state index contributed by atoms with van der Waals surface area (Å²) in [5.41, 5.74) is 3.20. The number of aromatic hydroxyl groups is 1. The topological polar surface area (TPSA) is 99.3 Å². The molecular formula is C24H23FN4O3. The number of nitrogens with one attached hydrogen (secondary N) is 3. The Morgan fingerprint density at radius 3 is 2.59 bits per heavy atom. The monoisotopic (exact) mass is 434 g/mol. The second kappa shape index (κ2) is 9.38. The van der Waals surface area contributed by atoms with E-state index < -0.39 is 17.9 Å². The first kappa shape index (κ1) is 21.2. The van der Waals surface area contributed by atoms with E-state index in [4.69, 9.17) is 4.74 Å². The number of rotatable bonds is 7. The molecule has 0 bridgehead atoms. The van der Waals surface area contributed by atoms with Gasteiger partial charge in [0, 0.05) is 6.54 Å². The van der Waals surface area contributed by atoms with Gasteiger partial charge in [-0.3, -0.25) is 0 Å². The fourth-order valence-electron chi connectivity index (χ4n) is 3.43. The molecule has 4 rings (SSSR count). The number of phenols is 1. The van der Waals surface area contributed by atoms with Crippen LogP contribution in [-0.4, -0.2) is 28.2 Å². The number of phenolic OH excluding ortho intramolecular Hbond substituents is 1. The van der Waals surface area contributed by atoms with Crippen molar-refractivity contribution in [2.75, 3.05) is 7.11 Å². The van der Waals surface area contributed by atoms with Gasteiger partial charge in [0.2, 0.25) is 0 Å². The van der Waals surface area contributed by atoms with Crippen molar-refractivity contribution in [1.82, 2.24) is 20.6 Å². The molecule has 0 aliphatic carbocycles. The predicted molar refractivity (Wildman–Crippen MR) is 119 cm³/mol. The maximum atomic E-state index is 13.9. The number of halogens is 1. The molecule has 164 valence electrons. The number of H-pyrrole nitrogens is 1. The standard InChI is InChI=1S/C24H23FN4O3/c1-32-22-11-8-16(12-18(22)25)14-26-24(31)29-21(13-15-6-9-17(30)10-7-15)23-27-19-4-2-3-5-20(19)28-23/h2-12,21,30H,13-14H2,1H3,(H,27,28)(H2,26,29,31). The zero-order chi connectivity index (χ0) is 22.5. The quantitative estimate of drug-likeness (QED) is 0.350. The van der Waals surface area contributed by atoms with Gasteiger partial charge in [-0.15, -0.1) is 0 Å². The molecule has 0 radical (unpaired) electrons. The van der Waals surface area contributed by atoms with Crippen LogP contribution in [0.1, 0.15) is 23.0 Å². The Morgan fingerprint density at radius 1 is 1.12 bits per heavy atom. The van der Waals surface area contributed by atoms with Crippen LogP contribution in [0, 0.1) is 5.82 Å².